The average molecular weight is 399 g/mol. The summed E-state index contributed by atoms with van der Waals surface area (Å²) < 4.78 is 2.31. The van der Waals surface area contributed by atoms with Gasteiger partial charge in [0.25, 0.3) is 0 Å². The fraction of sp³-hybridized carbons (Fsp3) is 0.591. The fourth-order valence-corrected chi connectivity index (χ4v) is 5.21. The number of nitrogens with zero attached hydrogens (tertiary/aromatic N) is 4. The van der Waals surface area contributed by atoms with Crippen molar-refractivity contribution in [2.24, 2.45) is 5.92 Å². The zero-order chi connectivity index (χ0) is 19.3. The quantitative estimate of drug-likeness (QED) is 0.679. The van der Waals surface area contributed by atoms with Crippen LogP contribution < -0.4 is 0 Å². The molecule has 0 radical (unpaired) electrons. The first kappa shape index (κ1) is 19.5. The monoisotopic (exact) mass is 398 g/mol. The normalized spacial score (nSPS) is 19.1. The zero-order valence-electron chi connectivity index (χ0n) is 16.7. The van der Waals surface area contributed by atoms with Crippen molar-refractivity contribution < 1.29 is 4.79 Å². The molecule has 4 rings (SSSR count). The molecule has 1 saturated carbocycles. The average Bonchev–Trinajstić information content (AvgIpc) is 3.18. The van der Waals surface area contributed by atoms with E-state index in [-0.39, 0.29) is 5.91 Å². The van der Waals surface area contributed by atoms with E-state index in [9.17, 15) is 4.79 Å². The number of carbonyl (C=O) groups is 1. The topological polar surface area (TPSA) is 51.0 Å². The van der Waals surface area contributed by atoms with Crippen LogP contribution in [-0.2, 0) is 4.79 Å². The van der Waals surface area contributed by atoms with Gasteiger partial charge in [-0.15, -0.1) is 10.2 Å². The predicted molar refractivity (Wildman–Crippen MR) is 113 cm³/mol. The first-order valence-corrected chi connectivity index (χ1v) is 11.6. The second kappa shape index (κ2) is 9.12. The molecule has 1 aromatic heterocycles. The van der Waals surface area contributed by atoms with Crippen molar-refractivity contribution in [2.75, 3.05) is 18.8 Å². The van der Waals surface area contributed by atoms with Crippen LogP contribution in [0.15, 0.2) is 35.5 Å². The van der Waals surface area contributed by atoms with E-state index in [2.05, 4.69) is 33.8 Å². The Morgan fingerprint density at radius 2 is 1.75 bits per heavy atom. The Morgan fingerprint density at radius 1 is 1.04 bits per heavy atom. The Morgan fingerprint density at radius 3 is 2.46 bits per heavy atom. The Bertz CT molecular complexity index is 777. The number of carbonyl (C=O) groups excluding carboxylic acids is 1. The zero-order valence-corrected chi connectivity index (χ0v) is 17.5. The second-order valence-corrected chi connectivity index (χ2v) is 9.13. The van der Waals surface area contributed by atoms with Crippen LogP contribution >= 0.6 is 11.8 Å². The highest BCUT2D eigenvalue weighted by Gasteiger charge is 2.25. The van der Waals surface area contributed by atoms with Crippen molar-refractivity contribution in [3.8, 4) is 11.4 Å². The van der Waals surface area contributed by atoms with Gasteiger partial charge >= 0.3 is 0 Å². The van der Waals surface area contributed by atoms with Gasteiger partial charge in [-0.1, -0.05) is 68.3 Å². The summed E-state index contributed by atoms with van der Waals surface area (Å²) in [5.74, 6) is 2.36. The number of amides is 1. The number of benzene rings is 1. The summed E-state index contributed by atoms with van der Waals surface area (Å²) in [6.45, 7) is 4.06. The van der Waals surface area contributed by atoms with E-state index in [0.29, 0.717) is 11.8 Å². The summed E-state index contributed by atoms with van der Waals surface area (Å²) in [6, 6.07) is 10.7. The standard InChI is InChI=1S/C22H30N4OS/c1-17-12-14-25(15-13-17)20(27)16-28-22-24-23-21(18-8-4-2-5-9-18)26(22)19-10-6-3-7-11-19/h2,4-5,8-9,17,19H,3,6-7,10-16H2,1H3. The lowest BCUT2D eigenvalue weighted by atomic mass is 9.95. The van der Waals surface area contributed by atoms with Crippen molar-refractivity contribution >= 4 is 17.7 Å². The molecule has 0 N–H and O–H groups in total. The minimum atomic E-state index is 0.233. The van der Waals surface area contributed by atoms with Crippen LogP contribution in [0.2, 0.25) is 0 Å². The van der Waals surface area contributed by atoms with Gasteiger partial charge in [0.15, 0.2) is 11.0 Å². The fourth-order valence-electron chi connectivity index (χ4n) is 4.30. The van der Waals surface area contributed by atoms with Gasteiger partial charge in [0.05, 0.1) is 5.75 Å². The van der Waals surface area contributed by atoms with E-state index in [4.69, 9.17) is 0 Å². The molecule has 0 unspecified atom stereocenters. The lowest BCUT2D eigenvalue weighted by molar-refractivity contribution is -0.129. The van der Waals surface area contributed by atoms with E-state index in [1.54, 1.807) is 11.8 Å². The third-order valence-electron chi connectivity index (χ3n) is 6.10. The maximum Gasteiger partial charge on any atom is 0.233 e. The van der Waals surface area contributed by atoms with Gasteiger partial charge in [0.2, 0.25) is 5.91 Å². The van der Waals surface area contributed by atoms with E-state index < -0.39 is 0 Å². The van der Waals surface area contributed by atoms with Crippen LogP contribution in [-0.4, -0.2) is 44.4 Å². The molecule has 1 amide bonds. The molecule has 1 aliphatic carbocycles. The van der Waals surface area contributed by atoms with Gasteiger partial charge in [-0.2, -0.15) is 0 Å². The number of hydrogen-bond acceptors (Lipinski definition) is 4. The molecule has 5 nitrogen and oxygen atoms in total. The van der Waals surface area contributed by atoms with Crippen LogP contribution in [0.5, 0.6) is 0 Å². The lowest BCUT2D eigenvalue weighted by Crippen LogP contribution is -2.39. The third-order valence-corrected chi connectivity index (χ3v) is 7.03. The summed E-state index contributed by atoms with van der Waals surface area (Å²) in [6.07, 6.45) is 8.40. The smallest absolute Gasteiger partial charge is 0.233 e. The minimum absolute atomic E-state index is 0.233. The Hall–Kier alpha value is -1.82. The van der Waals surface area contributed by atoms with E-state index >= 15 is 0 Å². The van der Waals surface area contributed by atoms with Crippen LogP contribution in [0.1, 0.15) is 57.9 Å². The van der Waals surface area contributed by atoms with Gasteiger partial charge in [-0.25, -0.2) is 0 Å². The van der Waals surface area contributed by atoms with Crippen LogP contribution in [0.3, 0.4) is 0 Å². The largest absolute Gasteiger partial charge is 0.342 e. The molecule has 2 fully saturated rings. The number of aromatic nitrogens is 3. The van der Waals surface area contributed by atoms with Gasteiger partial charge < -0.3 is 4.90 Å². The van der Waals surface area contributed by atoms with Gasteiger partial charge in [0.1, 0.15) is 0 Å². The summed E-state index contributed by atoms with van der Waals surface area (Å²) in [5.41, 5.74) is 1.10. The molecule has 150 valence electrons. The van der Waals surface area contributed by atoms with Gasteiger partial charge in [-0.05, 0) is 31.6 Å². The number of piperidine rings is 1. The van der Waals surface area contributed by atoms with Crippen molar-refractivity contribution in [1.29, 1.82) is 0 Å². The Labute approximate surface area is 171 Å². The molecule has 2 aromatic rings. The molecule has 1 aromatic carbocycles. The summed E-state index contributed by atoms with van der Waals surface area (Å²) in [7, 11) is 0. The summed E-state index contributed by atoms with van der Waals surface area (Å²) in [5, 5.41) is 9.92. The van der Waals surface area contributed by atoms with Crippen LogP contribution in [0.25, 0.3) is 11.4 Å². The number of hydrogen-bond donors (Lipinski definition) is 0. The van der Waals surface area contributed by atoms with Crippen LogP contribution in [0.4, 0.5) is 0 Å². The Kier molecular flexibility index (Phi) is 6.35. The highest BCUT2D eigenvalue weighted by Crippen LogP contribution is 2.35. The number of rotatable bonds is 5. The van der Waals surface area contributed by atoms with Crippen molar-refractivity contribution in [3.05, 3.63) is 30.3 Å². The van der Waals surface area contributed by atoms with Crippen LogP contribution in [0, 0.1) is 5.92 Å². The summed E-state index contributed by atoms with van der Waals surface area (Å²) >= 11 is 1.56. The first-order valence-electron chi connectivity index (χ1n) is 10.6. The molecule has 0 atom stereocenters. The SMILES string of the molecule is CC1CCN(C(=O)CSc2nnc(-c3ccccc3)n2C2CCCCC2)CC1. The molecule has 1 saturated heterocycles. The molecule has 2 aliphatic rings. The minimum Gasteiger partial charge on any atom is -0.342 e. The molecule has 28 heavy (non-hydrogen) atoms. The highest BCUT2D eigenvalue weighted by atomic mass is 32.2. The van der Waals surface area contributed by atoms with Crippen molar-refractivity contribution in [3.63, 3.8) is 0 Å². The predicted octanol–water partition coefficient (Wildman–Crippen LogP) is 4.80. The molecule has 0 bridgehead atoms. The number of thioether (sulfide) groups is 1. The molecule has 6 heteroatoms. The van der Waals surface area contributed by atoms with Crippen molar-refractivity contribution in [2.45, 2.75) is 63.1 Å². The van der Waals surface area contributed by atoms with Crippen molar-refractivity contribution in [1.82, 2.24) is 19.7 Å². The molecular weight excluding hydrogens is 368 g/mol. The maximum absolute atomic E-state index is 12.7. The third kappa shape index (κ3) is 4.43. The summed E-state index contributed by atoms with van der Waals surface area (Å²) in [4.78, 5) is 14.7. The lowest BCUT2D eigenvalue weighted by Gasteiger charge is -2.30. The van der Waals surface area contributed by atoms with E-state index in [0.717, 1.165) is 48.4 Å². The highest BCUT2D eigenvalue weighted by molar-refractivity contribution is 7.99. The molecule has 0 spiro atoms. The second-order valence-electron chi connectivity index (χ2n) is 8.19. The molecule has 2 heterocycles. The van der Waals surface area contributed by atoms with Gasteiger partial charge in [-0.3, -0.25) is 9.36 Å². The number of likely N-dealkylation sites (tertiary alicyclic amines) is 1. The molecule has 1 aliphatic heterocycles. The van der Waals surface area contributed by atoms with E-state index in [1.807, 2.05) is 23.1 Å². The Balaban J connectivity index is 1.51. The molecular formula is C22H30N4OS. The van der Waals surface area contributed by atoms with E-state index in [1.165, 1.54) is 32.1 Å². The first-order chi connectivity index (χ1) is 13.7. The maximum atomic E-state index is 12.7. The van der Waals surface area contributed by atoms with Gasteiger partial charge in [0, 0.05) is 24.7 Å².